The molecule has 0 radical (unpaired) electrons. The summed E-state index contributed by atoms with van der Waals surface area (Å²) in [4.78, 5) is 12.0. The lowest BCUT2D eigenvalue weighted by Crippen LogP contribution is -2.25. The van der Waals surface area contributed by atoms with Crippen LogP contribution < -0.4 is 10.9 Å². The van der Waals surface area contributed by atoms with Crippen LogP contribution in [0.1, 0.15) is 26.2 Å². The zero-order valence-electron chi connectivity index (χ0n) is 11.8. The molecule has 1 aromatic heterocycles. The summed E-state index contributed by atoms with van der Waals surface area (Å²) in [5.74, 6) is 0.396. The van der Waals surface area contributed by atoms with Gasteiger partial charge in [0.2, 0.25) is 0 Å². The molecule has 0 fully saturated rings. The van der Waals surface area contributed by atoms with E-state index in [1.54, 1.807) is 12.3 Å². The van der Waals surface area contributed by atoms with Gasteiger partial charge in [0.15, 0.2) is 0 Å². The van der Waals surface area contributed by atoms with Gasteiger partial charge in [-0.25, -0.2) is 4.68 Å². The minimum Gasteiger partial charge on any atom is -0.396 e. The molecule has 0 spiro atoms. The number of halogens is 1. The van der Waals surface area contributed by atoms with Crippen LogP contribution in [0, 0.1) is 5.92 Å². The van der Waals surface area contributed by atoms with Crippen LogP contribution in [0.4, 0.5) is 5.69 Å². The summed E-state index contributed by atoms with van der Waals surface area (Å²) in [6, 6.07) is 0. The van der Waals surface area contributed by atoms with Gasteiger partial charge < -0.3 is 10.4 Å². The summed E-state index contributed by atoms with van der Waals surface area (Å²) in [6.45, 7) is 7.02. The highest BCUT2D eigenvalue weighted by molar-refractivity contribution is 9.10. The van der Waals surface area contributed by atoms with E-state index in [0.717, 1.165) is 25.8 Å². The minimum absolute atomic E-state index is 0.177. The third-order valence-electron chi connectivity index (χ3n) is 3.10. The molecule has 0 saturated heterocycles. The maximum atomic E-state index is 12.0. The van der Waals surface area contributed by atoms with Crippen LogP contribution in [0.5, 0.6) is 0 Å². The lowest BCUT2D eigenvalue weighted by Gasteiger charge is -2.17. The van der Waals surface area contributed by atoms with E-state index < -0.39 is 0 Å². The summed E-state index contributed by atoms with van der Waals surface area (Å²) in [5, 5.41) is 16.4. The van der Waals surface area contributed by atoms with Gasteiger partial charge in [0.05, 0.1) is 18.4 Å². The van der Waals surface area contributed by atoms with Crippen molar-refractivity contribution in [1.82, 2.24) is 9.78 Å². The number of rotatable bonds is 9. The van der Waals surface area contributed by atoms with Crippen LogP contribution >= 0.6 is 15.9 Å². The van der Waals surface area contributed by atoms with E-state index in [4.69, 9.17) is 5.11 Å². The fraction of sp³-hybridized carbons (Fsp3) is 0.571. The Labute approximate surface area is 127 Å². The van der Waals surface area contributed by atoms with Crippen molar-refractivity contribution in [2.24, 2.45) is 5.92 Å². The quantitative estimate of drug-likeness (QED) is 0.675. The maximum absolute atomic E-state index is 12.0. The first-order valence-electron chi connectivity index (χ1n) is 6.85. The van der Waals surface area contributed by atoms with Crippen molar-refractivity contribution in [2.45, 2.75) is 32.7 Å². The second-order valence-corrected chi connectivity index (χ2v) is 5.49. The number of nitrogens with zero attached hydrogens (tertiary/aromatic N) is 2. The average molecular weight is 344 g/mol. The Kier molecular flexibility index (Phi) is 7.54. The zero-order chi connectivity index (χ0) is 15.0. The lowest BCUT2D eigenvalue weighted by atomic mass is 10.0. The molecule has 6 heteroatoms. The van der Waals surface area contributed by atoms with Crippen LogP contribution in [0.2, 0.25) is 0 Å². The van der Waals surface area contributed by atoms with Gasteiger partial charge in [0.1, 0.15) is 4.47 Å². The monoisotopic (exact) mass is 343 g/mol. The Morgan fingerprint density at radius 2 is 2.35 bits per heavy atom. The summed E-state index contributed by atoms with van der Waals surface area (Å²) < 4.78 is 1.83. The Morgan fingerprint density at radius 1 is 1.60 bits per heavy atom. The first kappa shape index (κ1) is 16.9. The topological polar surface area (TPSA) is 67.2 Å². The molecule has 0 aliphatic carbocycles. The van der Waals surface area contributed by atoms with Gasteiger partial charge in [-0.1, -0.05) is 19.4 Å². The van der Waals surface area contributed by atoms with Crippen LogP contribution in [0.15, 0.2) is 28.1 Å². The number of anilines is 1. The second kappa shape index (κ2) is 8.92. The van der Waals surface area contributed by atoms with Crippen molar-refractivity contribution in [1.29, 1.82) is 0 Å². The van der Waals surface area contributed by atoms with Crippen molar-refractivity contribution in [3.05, 3.63) is 33.7 Å². The predicted octanol–water partition coefficient (Wildman–Crippen LogP) is 2.40. The van der Waals surface area contributed by atoms with Gasteiger partial charge in [-0.15, -0.1) is 6.58 Å². The SMILES string of the molecule is C=CCn1ncc(NCC(CCC)CCO)c(Br)c1=O. The molecule has 1 unspecified atom stereocenters. The molecule has 0 aromatic carbocycles. The fourth-order valence-corrected chi connectivity index (χ4v) is 2.48. The standard InChI is InChI=1S/C14H22BrN3O2/c1-3-5-11(6-8-19)9-16-12-10-17-18(7-4-2)14(20)13(12)15/h4,10-11,16,19H,2-3,5-9H2,1H3. The molecule has 0 amide bonds. The molecule has 0 aliphatic heterocycles. The summed E-state index contributed by atoms with van der Waals surface area (Å²) in [5.41, 5.74) is 0.512. The smallest absolute Gasteiger partial charge is 0.283 e. The van der Waals surface area contributed by atoms with E-state index in [2.05, 4.69) is 39.8 Å². The van der Waals surface area contributed by atoms with Crippen LogP contribution in [-0.2, 0) is 6.54 Å². The van der Waals surface area contributed by atoms with Gasteiger partial charge in [-0.05, 0) is 34.7 Å². The minimum atomic E-state index is -0.177. The van der Waals surface area contributed by atoms with Crippen LogP contribution in [0.25, 0.3) is 0 Å². The van der Waals surface area contributed by atoms with Crippen LogP contribution in [-0.4, -0.2) is 28.0 Å². The second-order valence-electron chi connectivity index (χ2n) is 4.70. The number of hydrogen-bond acceptors (Lipinski definition) is 4. The highest BCUT2D eigenvalue weighted by atomic mass is 79.9. The van der Waals surface area contributed by atoms with Crippen molar-refractivity contribution in [2.75, 3.05) is 18.5 Å². The average Bonchev–Trinajstić information content (AvgIpc) is 2.43. The van der Waals surface area contributed by atoms with E-state index in [-0.39, 0.29) is 12.2 Å². The highest BCUT2D eigenvalue weighted by Gasteiger charge is 2.11. The van der Waals surface area contributed by atoms with E-state index in [1.807, 2.05) is 0 Å². The molecular formula is C14H22BrN3O2. The van der Waals surface area contributed by atoms with Crippen molar-refractivity contribution in [3.63, 3.8) is 0 Å². The number of aliphatic hydroxyl groups is 1. The molecule has 0 saturated carbocycles. The Bertz CT molecular complexity index is 482. The van der Waals surface area contributed by atoms with E-state index in [0.29, 0.717) is 22.6 Å². The van der Waals surface area contributed by atoms with Gasteiger partial charge in [0, 0.05) is 13.2 Å². The summed E-state index contributed by atoms with van der Waals surface area (Å²) in [7, 11) is 0. The molecule has 2 N–H and O–H groups in total. The predicted molar refractivity (Wildman–Crippen MR) is 85.0 cm³/mol. The molecule has 1 atom stereocenters. The van der Waals surface area contributed by atoms with Crippen molar-refractivity contribution >= 4 is 21.6 Å². The third kappa shape index (κ3) is 4.76. The number of aromatic nitrogens is 2. The van der Waals surface area contributed by atoms with Gasteiger partial charge >= 0.3 is 0 Å². The lowest BCUT2D eigenvalue weighted by molar-refractivity contribution is 0.255. The van der Waals surface area contributed by atoms with Crippen molar-refractivity contribution in [3.8, 4) is 0 Å². The number of hydrogen-bond donors (Lipinski definition) is 2. The van der Waals surface area contributed by atoms with Crippen LogP contribution in [0.3, 0.4) is 0 Å². The molecular weight excluding hydrogens is 322 g/mol. The molecule has 1 rings (SSSR count). The fourth-order valence-electron chi connectivity index (χ4n) is 2.03. The van der Waals surface area contributed by atoms with Gasteiger partial charge in [-0.3, -0.25) is 4.79 Å². The number of nitrogens with one attached hydrogen (secondary N) is 1. The van der Waals surface area contributed by atoms with Gasteiger partial charge in [-0.2, -0.15) is 5.10 Å². The zero-order valence-corrected chi connectivity index (χ0v) is 13.4. The summed E-state index contributed by atoms with van der Waals surface area (Å²) >= 11 is 3.31. The Balaban J connectivity index is 2.75. The van der Waals surface area contributed by atoms with Gasteiger partial charge in [0.25, 0.3) is 5.56 Å². The Hall–Kier alpha value is -1.14. The normalized spacial score (nSPS) is 12.2. The molecule has 5 nitrogen and oxygen atoms in total. The first-order valence-corrected chi connectivity index (χ1v) is 7.64. The number of allylic oxidation sites excluding steroid dienone is 1. The first-order chi connectivity index (χ1) is 9.63. The maximum Gasteiger partial charge on any atom is 0.283 e. The molecule has 112 valence electrons. The molecule has 0 aliphatic rings. The Morgan fingerprint density at radius 3 is 2.95 bits per heavy atom. The molecule has 20 heavy (non-hydrogen) atoms. The molecule has 1 aromatic rings. The highest BCUT2D eigenvalue weighted by Crippen LogP contribution is 2.18. The van der Waals surface area contributed by atoms with Crippen molar-refractivity contribution < 1.29 is 5.11 Å². The molecule has 0 bridgehead atoms. The molecule has 1 heterocycles. The third-order valence-corrected chi connectivity index (χ3v) is 3.87. The van der Waals surface area contributed by atoms with E-state index in [1.165, 1.54) is 4.68 Å². The summed E-state index contributed by atoms with van der Waals surface area (Å²) in [6.07, 6.45) is 6.15. The largest absolute Gasteiger partial charge is 0.396 e. The van der Waals surface area contributed by atoms with E-state index >= 15 is 0 Å². The number of aliphatic hydroxyl groups excluding tert-OH is 1. The van der Waals surface area contributed by atoms with E-state index in [9.17, 15) is 4.79 Å².